The first kappa shape index (κ1) is 10.9. The van der Waals surface area contributed by atoms with E-state index in [1.54, 1.807) is 12.1 Å². The van der Waals surface area contributed by atoms with Crippen molar-refractivity contribution in [3.05, 3.63) is 24.0 Å². The van der Waals surface area contributed by atoms with Gasteiger partial charge < -0.3 is 4.98 Å². The molecule has 0 saturated carbocycles. The lowest BCUT2D eigenvalue weighted by atomic mass is 10.3. The van der Waals surface area contributed by atoms with Gasteiger partial charge in [-0.15, -0.1) is 0 Å². The van der Waals surface area contributed by atoms with Crippen LogP contribution in [-0.4, -0.2) is 24.6 Å². The standard InChI is InChI=1S/C9H9IN2O2S/c1-15(13,14)7-4-2-3-6-9(7)12-8(5-10)11-6/h2-4H,5H2,1H3,(H,11,12). The molecule has 2 aromatic rings. The highest BCUT2D eigenvalue weighted by molar-refractivity contribution is 14.1. The van der Waals surface area contributed by atoms with E-state index in [9.17, 15) is 8.42 Å². The Hall–Kier alpha value is -0.630. The molecule has 0 radical (unpaired) electrons. The Labute approximate surface area is 101 Å². The lowest BCUT2D eigenvalue weighted by Crippen LogP contribution is -1.97. The number of hydrogen-bond donors (Lipinski definition) is 1. The molecule has 0 aliphatic carbocycles. The molecule has 0 spiro atoms. The maximum absolute atomic E-state index is 11.5. The van der Waals surface area contributed by atoms with Crippen molar-refractivity contribution in [1.29, 1.82) is 0 Å². The molecule has 0 bridgehead atoms. The third-order valence-electron chi connectivity index (χ3n) is 2.05. The van der Waals surface area contributed by atoms with Crippen molar-refractivity contribution in [3.8, 4) is 0 Å². The number of rotatable bonds is 2. The molecule has 2 rings (SSSR count). The van der Waals surface area contributed by atoms with Crippen LogP contribution in [0.15, 0.2) is 23.1 Å². The van der Waals surface area contributed by atoms with Crippen LogP contribution >= 0.6 is 22.6 Å². The molecule has 6 heteroatoms. The Bertz CT molecular complexity index is 604. The van der Waals surface area contributed by atoms with Gasteiger partial charge in [0.15, 0.2) is 9.84 Å². The van der Waals surface area contributed by atoms with Crippen LogP contribution in [0, 0.1) is 0 Å². The largest absolute Gasteiger partial charge is 0.341 e. The number of benzene rings is 1. The van der Waals surface area contributed by atoms with Gasteiger partial charge in [-0.2, -0.15) is 0 Å². The molecular weight excluding hydrogens is 327 g/mol. The number of sulfone groups is 1. The molecule has 0 aliphatic heterocycles. The van der Waals surface area contributed by atoms with E-state index in [0.29, 0.717) is 5.52 Å². The fraction of sp³-hybridized carbons (Fsp3) is 0.222. The van der Waals surface area contributed by atoms with Crippen LogP contribution < -0.4 is 0 Å². The molecule has 0 amide bonds. The maximum atomic E-state index is 11.5. The first-order chi connectivity index (χ1) is 7.02. The number of fused-ring (bicyclic) bond motifs is 1. The van der Waals surface area contributed by atoms with Gasteiger partial charge >= 0.3 is 0 Å². The van der Waals surface area contributed by atoms with Gasteiger partial charge in [-0.25, -0.2) is 13.4 Å². The molecule has 1 heterocycles. The summed E-state index contributed by atoms with van der Waals surface area (Å²) in [5.41, 5.74) is 1.30. The zero-order valence-electron chi connectivity index (χ0n) is 7.99. The molecule has 1 N–H and O–H groups in total. The molecule has 0 unspecified atom stereocenters. The number of aromatic nitrogens is 2. The van der Waals surface area contributed by atoms with Gasteiger partial charge in [0.05, 0.1) is 14.8 Å². The van der Waals surface area contributed by atoms with Gasteiger partial charge in [0.1, 0.15) is 11.3 Å². The second-order valence-electron chi connectivity index (χ2n) is 3.24. The number of para-hydroxylation sites is 1. The Morgan fingerprint density at radius 1 is 1.47 bits per heavy atom. The minimum atomic E-state index is -3.21. The zero-order chi connectivity index (χ0) is 11.1. The third-order valence-corrected chi connectivity index (χ3v) is 3.90. The molecule has 0 fully saturated rings. The molecule has 15 heavy (non-hydrogen) atoms. The maximum Gasteiger partial charge on any atom is 0.177 e. The van der Waals surface area contributed by atoms with Crippen LogP contribution in [0.5, 0.6) is 0 Å². The van der Waals surface area contributed by atoms with E-state index in [0.717, 1.165) is 15.8 Å². The quantitative estimate of drug-likeness (QED) is 0.673. The van der Waals surface area contributed by atoms with Crippen LogP contribution in [0.25, 0.3) is 11.0 Å². The van der Waals surface area contributed by atoms with E-state index in [2.05, 4.69) is 32.6 Å². The molecular formula is C9H9IN2O2S. The number of nitrogens with zero attached hydrogens (tertiary/aromatic N) is 1. The fourth-order valence-electron chi connectivity index (χ4n) is 1.42. The number of halogens is 1. The van der Waals surface area contributed by atoms with Gasteiger partial charge in [-0.1, -0.05) is 28.7 Å². The molecule has 4 nitrogen and oxygen atoms in total. The van der Waals surface area contributed by atoms with Crippen LogP contribution in [0.2, 0.25) is 0 Å². The normalized spacial score (nSPS) is 12.1. The Kier molecular flexibility index (Phi) is 2.72. The number of aromatic amines is 1. The van der Waals surface area contributed by atoms with Crippen LogP contribution in [0.3, 0.4) is 0 Å². The van der Waals surface area contributed by atoms with E-state index in [1.807, 2.05) is 6.07 Å². The van der Waals surface area contributed by atoms with Gasteiger partial charge in [0.2, 0.25) is 0 Å². The first-order valence-electron chi connectivity index (χ1n) is 4.26. The summed E-state index contributed by atoms with van der Waals surface area (Å²) in [4.78, 5) is 7.61. The predicted octanol–water partition coefficient (Wildman–Crippen LogP) is 1.90. The van der Waals surface area contributed by atoms with Crippen molar-refractivity contribution in [1.82, 2.24) is 9.97 Å². The van der Waals surface area contributed by atoms with Crippen LogP contribution in [-0.2, 0) is 14.3 Å². The number of alkyl halides is 1. The van der Waals surface area contributed by atoms with Crippen molar-refractivity contribution in [3.63, 3.8) is 0 Å². The Morgan fingerprint density at radius 3 is 2.80 bits per heavy atom. The second-order valence-corrected chi connectivity index (χ2v) is 5.99. The first-order valence-corrected chi connectivity index (χ1v) is 7.67. The average molecular weight is 336 g/mol. The summed E-state index contributed by atoms with van der Waals surface area (Å²) in [6, 6.07) is 5.12. The predicted molar refractivity (Wildman–Crippen MR) is 66.9 cm³/mol. The van der Waals surface area contributed by atoms with Crippen LogP contribution in [0.4, 0.5) is 0 Å². The molecule has 80 valence electrons. The summed E-state index contributed by atoms with van der Waals surface area (Å²) in [5.74, 6) is 0.793. The minimum Gasteiger partial charge on any atom is -0.341 e. The lowest BCUT2D eigenvalue weighted by Gasteiger charge is -1.97. The van der Waals surface area contributed by atoms with E-state index in [-0.39, 0.29) is 4.90 Å². The highest BCUT2D eigenvalue weighted by Crippen LogP contribution is 2.21. The topological polar surface area (TPSA) is 62.8 Å². The van der Waals surface area contributed by atoms with Crippen molar-refractivity contribution < 1.29 is 8.42 Å². The monoisotopic (exact) mass is 336 g/mol. The second kappa shape index (κ2) is 3.75. The average Bonchev–Trinajstić information content (AvgIpc) is 2.57. The highest BCUT2D eigenvalue weighted by Gasteiger charge is 2.14. The van der Waals surface area contributed by atoms with Crippen molar-refractivity contribution in [2.75, 3.05) is 6.26 Å². The van der Waals surface area contributed by atoms with E-state index in [4.69, 9.17) is 0 Å². The molecule has 0 atom stereocenters. The summed E-state index contributed by atoms with van der Waals surface area (Å²) >= 11 is 2.18. The van der Waals surface area contributed by atoms with E-state index < -0.39 is 9.84 Å². The number of nitrogens with one attached hydrogen (secondary N) is 1. The zero-order valence-corrected chi connectivity index (χ0v) is 11.0. The van der Waals surface area contributed by atoms with Crippen LogP contribution in [0.1, 0.15) is 5.82 Å². The van der Waals surface area contributed by atoms with Crippen molar-refractivity contribution in [2.45, 2.75) is 9.32 Å². The SMILES string of the molecule is CS(=O)(=O)c1cccc2[nH]c(CI)nc12. The summed E-state index contributed by atoms with van der Waals surface area (Å²) in [7, 11) is -3.21. The van der Waals surface area contributed by atoms with Gasteiger partial charge in [0.25, 0.3) is 0 Å². The minimum absolute atomic E-state index is 0.285. The summed E-state index contributed by atoms with van der Waals surface area (Å²) in [6.45, 7) is 0. The molecule has 1 aromatic heterocycles. The number of H-pyrrole nitrogens is 1. The van der Waals surface area contributed by atoms with Crippen molar-refractivity contribution >= 4 is 43.5 Å². The molecule has 0 aliphatic rings. The summed E-state index contributed by atoms with van der Waals surface area (Å²) in [6.07, 6.45) is 1.19. The third kappa shape index (κ3) is 2.00. The smallest absolute Gasteiger partial charge is 0.177 e. The van der Waals surface area contributed by atoms with Gasteiger partial charge in [0, 0.05) is 6.26 Å². The lowest BCUT2D eigenvalue weighted by molar-refractivity contribution is 0.602. The Morgan fingerprint density at radius 2 is 2.20 bits per heavy atom. The van der Waals surface area contributed by atoms with E-state index >= 15 is 0 Å². The molecule has 0 saturated heterocycles. The fourth-order valence-corrected chi connectivity index (χ4v) is 2.61. The summed E-state index contributed by atoms with van der Waals surface area (Å²) < 4.78 is 23.7. The summed E-state index contributed by atoms with van der Waals surface area (Å²) in [5, 5.41) is 0. The Balaban J connectivity index is 2.81. The van der Waals surface area contributed by atoms with Crippen molar-refractivity contribution in [2.24, 2.45) is 0 Å². The number of imidazole rings is 1. The highest BCUT2D eigenvalue weighted by atomic mass is 127. The molecule has 1 aromatic carbocycles. The van der Waals surface area contributed by atoms with Gasteiger partial charge in [-0.3, -0.25) is 0 Å². The van der Waals surface area contributed by atoms with E-state index in [1.165, 1.54) is 6.26 Å². The number of hydrogen-bond acceptors (Lipinski definition) is 3. The van der Waals surface area contributed by atoms with Gasteiger partial charge in [-0.05, 0) is 12.1 Å².